The van der Waals surface area contributed by atoms with Crippen LogP contribution < -0.4 is 10.6 Å². The molecule has 0 aromatic heterocycles. The monoisotopic (exact) mass is 220 g/mol. The standard InChI is InChI=1S/C13H20N2O/c1-13(2,3)12(16)15(4)11-8-6-5-7-10(11)9-14/h5-8H,9,14H2,1-4H3. The van der Waals surface area contributed by atoms with Gasteiger partial charge in [-0.05, 0) is 11.6 Å². The van der Waals surface area contributed by atoms with E-state index >= 15 is 0 Å². The Hall–Kier alpha value is -1.35. The number of nitrogens with zero attached hydrogens (tertiary/aromatic N) is 1. The molecule has 0 atom stereocenters. The lowest BCUT2D eigenvalue weighted by molar-refractivity contribution is -0.125. The van der Waals surface area contributed by atoms with Crippen LogP contribution in [0.25, 0.3) is 0 Å². The van der Waals surface area contributed by atoms with Crippen LogP contribution in [0.2, 0.25) is 0 Å². The molecule has 1 aromatic carbocycles. The maximum atomic E-state index is 12.1. The predicted octanol–water partition coefficient (Wildman–Crippen LogP) is 2.15. The smallest absolute Gasteiger partial charge is 0.232 e. The van der Waals surface area contributed by atoms with E-state index in [0.29, 0.717) is 6.54 Å². The SMILES string of the molecule is CN(C(=O)C(C)(C)C)c1ccccc1CN. The van der Waals surface area contributed by atoms with Crippen molar-refractivity contribution in [1.82, 2.24) is 0 Å². The van der Waals surface area contributed by atoms with Gasteiger partial charge in [0.15, 0.2) is 0 Å². The van der Waals surface area contributed by atoms with Crippen molar-refractivity contribution in [3.63, 3.8) is 0 Å². The summed E-state index contributed by atoms with van der Waals surface area (Å²) in [7, 11) is 1.79. The van der Waals surface area contributed by atoms with Crippen molar-refractivity contribution in [1.29, 1.82) is 0 Å². The lowest BCUT2D eigenvalue weighted by Crippen LogP contribution is -2.37. The molecule has 0 aliphatic carbocycles. The van der Waals surface area contributed by atoms with Crippen molar-refractivity contribution in [2.75, 3.05) is 11.9 Å². The Morgan fingerprint density at radius 1 is 1.31 bits per heavy atom. The number of benzene rings is 1. The zero-order valence-corrected chi connectivity index (χ0v) is 10.4. The van der Waals surface area contributed by atoms with Crippen LogP contribution in [0.4, 0.5) is 5.69 Å². The van der Waals surface area contributed by atoms with Gasteiger partial charge < -0.3 is 10.6 Å². The fourth-order valence-corrected chi connectivity index (χ4v) is 1.62. The number of anilines is 1. The Morgan fingerprint density at radius 3 is 2.38 bits per heavy atom. The van der Waals surface area contributed by atoms with Gasteiger partial charge in [0.2, 0.25) is 5.91 Å². The van der Waals surface area contributed by atoms with Crippen LogP contribution >= 0.6 is 0 Å². The van der Waals surface area contributed by atoms with Crippen LogP contribution in [0.5, 0.6) is 0 Å². The molecule has 1 rings (SSSR count). The lowest BCUT2D eigenvalue weighted by Gasteiger charge is -2.27. The van der Waals surface area contributed by atoms with E-state index < -0.39 is 0 Å². The molecule has 0 unspecified atom stereocenters. The Morgan fingerprint density at radius 2 is 1.88 bits per heavy atom. The first-order chi connectivity index (χ1) is 7.38. The molecule has 3 nitrogen and oxygen atoms in total. The van der Waals surface area contributed by atoms with E-state index in [0.717, 1.165) is 11.3 Å². The normalized spacial score (nSPS) is 11.3. The first kappa shape index (κ1) is 12.7. The van der Waals surface area contributed by atoms with Gasteiger partial charge in [0.25, 0.3) is 0 Å². The van der Waals surface area contributed by atoms with E-state index in [4.69, 9.17) is 5.73 Å². The van der Waals surface area contributed by atoms with Crippen molar-refractivity contribution in [2.24, 2.45) is 11.1 Å². The van der Waals surface area contributed by atoms with E-state index in [9.17, 15) is 4.79 Å². The van der Waals surface area contributed by atoms with Gasteiger partial charge in [0.1, 0.15) is 0 Å². The predicted molar refractivity (Wildman–Crippen MR) is 67.2 cm³/mol. The summed E-state index contributed by atoms with van der Waals surface area (Å²) in [5, 5.41) is 0. The molecular formula is C13H20N2O. The summed E-state index contributed by atoms with van der Waals surface area (Å²) >= 11 is 0. The van der Waals surface area contributed by atoms with Crippen molar-refractivity contribution < 1.29 is 4.79 Å². The first-order valence-electron chi connectivity index (χ1n) is 5.44. The second-order valence-electron chi connectivity index (χ2n) is 4.95. The maximum absolute atomic E-state index is 12.1. The highest BCUT2D eigenvalue weighted by Gasteiger charge is 2.26. The summed E-state index contributed by atoms with van der Waals surface area (Å²) in [6, 6.07) is 7.72. The fourth-order valence-electron chi connectivity index (χ4n) is 1.62. The Kier molecular flexibility index (Phi) is 3.70. The van der Waals surface area contributed by atoms with E-state index in [1.165, 1.54) is 0 Å². The fraction of sp³-hybridized carbons (Fsp3) is 0.462. The topological polar surface area (TPSA) is 46.3 Å². The highest BCUT2D eigenvalue weighted by atomic mass is 16.2. The Bertz CT molecular complexity index is 380. The van der Waals surface area contributed by atoms with Crippen LogP contribution in [0.15, 0.2) is 24.3 Å². The molecule has 3 heteroatoms. The second-order valence-corrected chi connectivity index (χ2v) is 4.95. The van der Waals surface area contributed by atoms with Gasteiger partial charge >= 0.3 is 0 Å². The summed E-state index contributed by atoms with van der Waals surface area (Å²) < 4.78 is 0. The van der Waals surface area contributed by atoms with Crippen molar-refractivity contribution in [3.8, 4) is 0 Å². The molecule has 0 radical (unpaired) electrons. The third kappa shape index (κ3) is 2.61. The number of hydrogen-bond donors (Lipinski definition) is 1. The van der Waals surface area contributed by atoms with Crippen molar-refractivity contribution in [2.45, 2.75) is 27.3 Å². The van der Waals surface area contributed by atoms with Gasteiger partial charge in [-0.25, -0.2) is 0 Å². The van der Waals surface area contributed by atoms with Crippen molar-refractivity contribution >= 4 is 11.6 Å². The third-order valence-electron chi connectivity index (χ3n) is 2.52. The summed E-state index contributed by atoms with van der Waals surface area (Å²) in [6.07, 6.45) is 0. The van der Waals surface area contributed by atoms with Gasteiger partial charge in [0, 0.05) is 24.7 Å². The number of carbonyl (C=O) groups excluding carboxylic acids is 1. The summed E-state index contributed by atoms with van der Waals surface area (Å²) in [5.74, 6) is 0.0911. The second kappa shape index (κ2) is 4.66. The summed E-state index contributed by atoms with van der Waals surface area (Å²) in [6.45, 7) is 6.18. The first-order valence-corrected chi connectivity index (χ1v) is 5.44. The number of hydrogen-bond acceptors (Lipinski definition) is 2. The number of rotatable bonds is 2. The molecule has 1 amide bonds. The van der Waals surface area contributed by atoms with Gasteiger partial charge in [-0.2, -0.15) is 0 Å². The molecule has 0 aliphatic heterocycles. The molecule has 0 spiro atoms. The van der Waals surface area contributed by atoms with Crippen LogP contribution in [0.3, 0.4) is 0 Å². The van der Waals surface area contributed by atoms with E-state index in [1.807, 2.05) is 45.0 Å². The molecule has 1 aromatic rings. The van der Waals surface area contributed by atoms with Crippen LogP contribution in [0, 0.1) is 5.41 Å². The molecule has 16 heavy (non-hydrogen) atoms. The van der Waals surface area contributed by atoms with Crippen molar-refractivity contribution in [3.05, 3.63) is 29.8 Å². The van der Waals surface area contributed by atoms with Crippen LogP contribution in [-0.2, 0) is 11.3 Å². The molecule has 2 N–H and O–H groups in total. The van der Waals surface area contributed by atoms with E-state index in [-0.39, 0.29) is 11.3 Å². The maximum Gasteiger partial charge on any atom is 0.232 e. The molecule has 0 saturated carbocycles. The average molecular weight is 220 g/mol. The molecule has 0 bridgehead atoms. The van der Waals surface area contributed by atoms with Gasteiger partial charge in [0.05, 0.1) is 0 Å². The summed E-state index contributed by atoms with van der Waals surface area (Å²) in [5.41, 5.74) is 7.16. The molecule has 0 saturated heterocycles. The number of para-hydroxylation sites is 1. The van der Waals surface area contributed by atoms with Gasteiger partial charge in [-0.3, -0.25) is 4.79 Å². The summed E-state index contributed by atoms with van der Waals surface area (Å²) in [4.78, 5) is 13.8. The minimum atomic E-state index is -0.379. The number of carbonyl (C=O) groups is 1. The van der Waals surface area contributed by atoms with Crippen LogP contribution in [-0.4, -0.2) is 13.0 Å². The molecule has 0 fully saturated rings. The van der Waals surface area contributed by atoms with Crippen LogP contribution in [0.1, 0.15) is 26.3 Å². The third-order valence-corrected chi connectivity index (χ3v) is 2.52. The highest BCUT2D eigenvalue weighted by molar-refractivity contribution is 5.97. The zero-order chi connectivity index (χ0) is 12.3. The minimum absolute atomic E-state index is 0.0911. The molecule has 0 heterocycles. The molecule has 0 aliphatic rings. The minimum Gasteiger partial charge on any atom is -0.326 e. The van der Waals surface area contributed by atoms with Gasteiger partial charge in [-0.1, -0.05) is 39.0 Å². The van der Waals surface area contributed by atoms with Gasteiger partial charge in [-0.15, -0.1) is 0 Å². The number of nitrogens with two attached hydrogens (primary N) is 1. The quantitative estimate of drug-likeness (QED) is 0.830. The number of amides is 1. The lowest BCUT2D eigenvalue weighted by atomic mass is 9.94. The average Bonchev–Trinajstić information content (AvgIpc) is 2.25. The highest BCUT2D eigenvalue weighted by Crippen LogP contribution is 2.24. The van der Waals surface area contributed by atoms with E-state index in [1.54, 1.807) is 11.9 Å². The molecular weight excluding hydrogens is 200 g/mol. The van der Waals surface area contributed by atoms with E-state index in [2.05, 4.69) is 0 Å². The largest absolute Gasteiger partial charge is 0.326 e. The molecule has 88 valence electrons. The Balaban J connectivity index is 3.05. The zero-order valence-electron chi connectivity index (χ0n) is 10.4. The Labute approximate surface area is 97.2 Å².